The summed E-state index contributed by atoms with van der Waals surface area (Å²) in [4.78, 5) is 26.2. The van der Waals surface area contributed by atoms with E-state index >= 15 is 0 Å². The van der Waals surface area contributed by atoms with Gasteiger partial charge in [0.2, 0.25) is 0 Å². The molecule has 6 nitrogen and oxygen atoms in total. The van der Waals surface area contributed by atoms with Crippen LogP contribution in [0, 0.1) is 17.0 Å². The molecule has 0 aliphatic rings. The van der Waals surface area contributed by atoms with E-state index in [1.807, 2.05) is 18.2 Å². The Labute approximate surface area is 158 Å². The number of thiophene rings is 1. The zero-order chi connectivity index (χ0) is 19.1. The van der Waals surface area contributed by atoms with Gasteiger partial charge in [-0.25, -0.2) is 0 Å². The van der Waals surface area contributed by atoms with Crippen molar-refractivity contribution in [3.63, 3.8) is 0 Å². The highest BCUT2D eigenvalue weighted by molar-refractivity contribution is 7.14. The molecule has 26 heavy (non-hydrogen) atoms. The molecule has 1 unspecified atom stereocenters. The van der Waals surface area contributed by atoms with E-state index in [1.165, 1.54) is 11.6 Å². The number of likely N-dealkylation sites (N-methyl/N-ethyl adjacent to an activating group) is 1. The van der Waals surface area contributed by atoms with Crippen LogP contribution in [-0.2, 0) is 6.42 Å². The van der Waals surface area contributed by atoms with Crippen molar-refractivity contribution in [2.75, 3.05) is 19.6 Å². The van der Waals surface area contributed by atoms with E-state index in [2.05, 4.69) is 36.2 Å². The summed E-state index contributed by atoms with van der Waals surface area (Å²) in [6.07, 6.45) is 0.840. The Morgan fingerprint density at radius 3 is 2.46 bits per heavy atom. The predicted octanol–water partition coefficient (Wildman–Crippen LogP) is 3.65. The van der Waals surface area contributed by atoms with Crippen molar-refractivity contribution in [1.82, 2.24) is 10.2 Å². The van der Waals surface area contributed by atoms with Gasteiger partial charge in [-0.2, -0.15) is 0 Å². The number of nitro groups is 1. The molecule has 0 saturated carbocycles. The van der Waals surface area contributed by atoms with Gasteiger partial charge in [-0.15, -0.1) is 11.3 Å². The summed E-state index contributed by atoms with van der Waals surface area (Å²) in [6.45, 7) is 8.17. The Bertz CT molecular complexity index is 742. The van der Waals surface area contributed by atoms with Gasteiger partial charge in [0, 0.05) is 18.7 Å². The molecular weight excluding hydrogens is 350 g/mol. The molecule has 2 rings (SSSR count). The average molecular weight is 375 g/mol. The fraction of sp³-hybridized carbons (Fsp3) is 0.421. The van der Waals surface area contributed by atoms with Crippen LogP contribution in [-0.4, -0.2) is 41.4 Å². The zero-order valence-corrected chi connectivity index (χ0v) is 16.2. The lowest BCUT2D eigenvalue weighted by molar-refractivity contribution is -0.385. The Hall–Kier alpha value is -2.25. The standard InChI is InChI=1S/C19H25N3O3S/c1-4-21(5-2)16(11-15-9-7-6-8-10-15)13-20-19(23)18-12-17(22(24)25)14(3)26-18/h6-10,12,16H,4-5,11,13H2,1-3H3,(H,20,23). The molecule has 7 heteroatoms. The molecule has 0 aliphatic heterocycles. The molecule has 0 radical (unpaired) electrons. The first kappa shape index (κ1) is 20.1. The highest BCUT2D eigenvalue weighted by Gasteiger charge is 2.21. The fourth-order valence-corrected chi connectivity index (χ4v) is 3.92. The number of carbonyl (C=O) groups is 1. The van der Waals surface area contributed by atoms with Crippen molar-refractivity contribution < 1.29 is 9.72 Å². The Morgan fingerprint density at radius 2 is 1.92 bits per heavy atom. The quantitative estimate of drug-likeness (QED) is 0.536. The van der Waals surface area contributed by atoms with Crippen LogP contribution in [0.5, 0.6) is 0 Å². The first-order chi connectivity index (χ1) is 12.5. The zero-order valence-electron chi connectivity index (χ0n) is 15.4. The number of nitrogens with zero attached hydrogens (tertiary/aromatic N) is 2. The van der Waals surface area contributed by atoms with Crippen LogP contribution in [0.15, 0.2) is 36.4 Å². The van der Waals surface area contributed by atoms with Crippen molar-refractivity contribution >= 4 is 22.9 Å². The van der Waals surface area contributed by atoms with E-state index in [0.717, 1.165) is 30.8 Å². The summed E-state index contributed by atoms with van der Waals surface area (Å²) >= 11 is 1.16. The van der Waals surface area contributed by atoms with Gasteiger partial charge in [-0.1, -0.05) is 44.2 Å². The van der Waals surface area contributed by atoms with Gasteiger partial charge in [0.05, 0.1) is 14.7 Å². The minimum Gasteiger partial charge on any atom is -0.350 e. The topological polar surface area (TPSA) is 75.5 Å². The van der Waals surface area contributed by atoms with Gasteiger partial charge in [-0.3, -0.25) is 19.8 Å². The molecule has 1 amide bonds. The molecule has 1 heterocycles. The second-order valence-corrected chi connectivity index (χ2v) is 7.34. The third-order valence-electron chi connectivity index (χ3n) is 4.45. The van der Waals surface area contributed by atoms with Crippen LogP contribution in [0.1, 0.15) is 34.0 Å². The normalized spacial score (nSPS) is 12.2. The third kappa shape index (κ3) is 5.12. The van der Waals surface area contributed by atoms with Crippen LogP contribution in [0.25, 0.3) is 0 Å². The largest absolute Gasteiger partial charge is 0.350 e. The van der Waals surface area contributed by atoms with Crippen molar-refractivity contribution in [1.29, 1.82) is 0 Å². The van der Waals surface area contributed by atoms with Gasteiger partial charge in [-0.05, 0) is 32.0 Å². The first-order valence-electron chi connectivity index (χ1n) is 8.77. The second-order valence-electron chi connectivity index (χ2n) is 6.08. The molecule has 2 aromatic rings. The molecule has 1 aromatic carbocycles. The lowest BCUT2D eigenvalue weighted by atomic mass is 10.0. The van der Waals surface area contributed by atoms with Gasteiger partial charge in [0.15, 0.2) is 0 Å². The number of benzene rings is 1. The number of aryl methyl sites for hydroxylation is 1. The summed E-state index contributed by atoms with van der Waals surface area (Å²) < 4.78 is 0. The summed E-state index contributed by atoms with van der Waals surface area (Å²) in [5.74, 6) is -0.253. The molecule has 0 aliphatic carbocycles. The molecule has 1 aromatic heterocycles. The maximum Gasteiger partial charge on any atom is 0.283 e. The van der Waals surface area contributed by atoms with E-state index in [-0.39, 0.29) is 17.6 Å². The monoisotopic (exact) mass is 375 g/mol. The predicted molar refractivity (Wildman–Crippen MR) is 105 cm³/mol. The highest BCUT2D eigenvalue weighted by atomic mass is 32.1. The molecule has 0 saturated heterocycles. The summed E-state index contributed by atoms with van der Waals surface area (Å²) in [6, 6.07) is 11.7. The molecule has 1 atom stereocenters. The van der Waals surface area contributed by atoms with E-state index < -0.39 is 4.92 Å². The van der Waals surface area contributed by atoms with Crippen LogP contribution in [0.2, 0.25) is 0 Å². The van der Waals surface area contributed by atoms with Crippen molar-refractivity contribution in [3.8, 4) is 0 Å². The number of rotatable bonds is 9. The fourth-order valence-electron chi connectivity index (χ4n) is 3.02. The molecule has 1 N–H and O–H groups in total. The van der Waals surface area contributed by atoms with Crippen LogP contribution < -0.4 is 5.32 Å². The van der Waals surface area contributed by atoms with Crippen molar-refractivity contribution in [2.24, 2.45) is 0 Å². The number of nitrogens with one attached hydrogen (secondary N) is 1. The number of carbonyl (C=O) groups excluding carboxylic acids is 1. The summed E-state index contributed by atoms with van der Waals surface area (Å²) in [5.41, 5.74) is 1.23. The lowest BCUT2D eigenvalue weighted by Crippen LogP contribution is -2.45. The molecule has 0 spiro atoms. The maximum atomic E-state index is 12.4. The number of hydrogen-bond donors (Lipinski definition) is 1. The van der Waals surface area contributed by atoms with Crippen LogP contribution in [0.3, 0.4) is 0 Å². The molecule has 140 valence electrons. The first-order valence-corrected chi connectivity index (χ1v) is 9.58. The van der Waals surface area contributed by atoms with E-state index in [0.29, 0.717) is 16.3 Å². The Morgan fingerprint density at radius 1 is 1.27 bits per heavy atom. The minimum atomic E-state index is -0.448. The third-order valence-corrected chi connectivity index (χ3v) is 5.49. The molecular formula is C19H25N3O3S. The van der Waals surface area contributed by atoms with Crippen LogP contribution in [0.4, 0.5) is 5.69 Å². The highest BCUT2D eigenvalue weighted by Crippen LogP contribution is 2.27. The Kier molecular flexibility index (Phi) is 7.29. The van der Waals surface area contributed by atoms with Crippen molar-refractivity contribution in [3.05, 3.63) is 61.8 Å². The molecule has 0 bridgehead atoms. The molecule has 0 fully saturated rings. The maximum absolute atomic E-state index is 12.4. The number of hydrogen-bond acceptors (Lipinski definition) is 5. The van der Waals surface area contributed by atoms with E-state index in [1.54, 1.807) is 6.92 Å². The Balaban J connectivity index is 2.07. The lowest BCUT2D eigenvalue weighted by Gasteiger charge is -2.30. The van der Waals surface area contributed by atoms with Gasteiger partial charge >= 0.3 is 0 Å². The average Bonchev–Trinajstić information content (AvgIpc) is 3.03. The van der Waals surface area contributed by atoms with E-state index in [9.17, 15) is 14.9 Å². The summed E-state index contributed by atoms with van der Waals surface area (Å²) in [5, 5.41) is 13.9. The van der Waals surface area contributed by atoms with E-state index in [4.69, 9.17) is 0 Å². The smallest absolute Gasteiger partial charge is 0.283 e. The number of amides is 1. The summed E-state index contributed by atoms with van der Waals surface area (Å²) in [7, 11) is 0. The van der Waals surface area contributed by atoms with Gasteiger partial charge in [0.1, 0.15) is 0 Å². The van der Waals surface area contributed by atoms with Crippen molar-refractivity contribution in [2.45, 2.75) is 33.2 Å². The van der Waals surface area contributed by atoms with Gasteiger partial charge < -0.3 is 5.32 Å². The SMILES string of the molecule is CCN(CC)C(CNC(=O)c1cc([N+](=O)[O-])c(C)s1)Cc1ccccc1. The minimum absolute atomic E-state index is 0.00438. The van der Waals surface area contributed by atoms with Gasteiger partial charge in [0.25, 0.3) is 11.6 Å². The van der Waals surface area contributed by atoms with Crippen LogP contribution >= 0.6 is 11.3 Å². The second kappa shape index (κ2) is 9.45.